The van der Waals surface area contributed by atoms with Gasteiger partial charge in [-0.05, 0) is 35.6 Å². The molecule has 1 fully saturated rings. The maximum absolute atomic E-state index is 13.8. The summed E-state index contributed by atoms with van der Waals surface area (Å²) >= 11 is 1.57. The number of anilines is 1. The van der Waals surface area contributed by atoms with E-state index < -0.39 is 35.4 Å². The Kier molecular flexibility index (Phi) is 12.7. The third-order valence-corrected chi connectivity index (χ3v) is 8.65. The van der Waals surface area contributed by atoms with Crippen molar-refractivity contribution in [3.05, 3.63) is 65.3 Å². The van der Waals surface area contributed by atoms with Gasteiger partial charge in [-0.3, -0.25) is 14.4 Å². The van der Waals surface area contributed by atoms with E-state index in [1.54, 1.807) is 35.6 Å². The van der Waals surface area contributed by atoms with Crippen LogP contribution in [0.2, 0.25) is 0 Å². The number of aliphatic hydroxyl groups is 1. The Labute approximate surface area is 279 Å². The predicted molar refractivity (Wildman–Crippen MR) is 180 cm³/mol. The maximum Gasteiger partial charge on any atom is 0.246 e. The van der Waals surface area contributed by atoms with Crippen LogP contribution in [-0.4, -0.2) is 90.5 Å². The lowest BCUT2D eigenvalue weighted by Crippen LogP contribution is -2.58. The summed E-state index contributed by atoms with van der Waals surface area (Å²) in [6.07, 6.45) is -0.744. The number of carbonyl (C=O) groups is 3. The summed E-state index contributed by atoms with van der Waals surface area (Å²) in [5, 5.41) is 16.1. The van der Waals surface area contributed by atoms with Gasteiger partial charge in [-0.2, -0.15) is 0 Å². The van der Waals surface area contributed by atoms with Crippen LogP contribution in [0.5, 0.6) is 5.75 Å². The topological polar surface area (TPSA) is 165 Å². The van der Waals surface area contributed by atoms with Crippen LogP contribution in [0.15, 0.2) is 54.0 Å². The number of likely N-dealkylation sites (tertiary alicyclic amines) is 1. The lowest BCUT2D eigenvalue weighted by Gasteiger charge is -2.35. The molecule has 0 radical (unpaired) electrons. The van der Waals surface area contributed by atoms with Crippen molar-refractivity contribution < 1.29 is 33.7 Å². The van der Waals surface area contributed by atoms with E-state index in [0.29, 0.717) is 24.7 Å². The molecule has 3 unspecified atom stereocenters. The molecule has 1 aromatic heterocycles. The molecule has 254 valence electrons. The second kappa shape index (κ2) is 16.7. The Morgan fingerprint density at radius 1 is 1.09 bits per heavy atom. The minimum atomic E-state index is -0.942. The highest BCUT2D eigenvalue weighted by Crippen LogP contribution is 2.28. The van der Waals surface area contributed by atoms with Gasteiger partial charge < -0.3 is 40.6 Å². The molecule has 2 aromatic carbocycles. The number of amides is 3. The van der Waals surface area contributed by atoms with Crippen molar-refractivity contribution >= 4 is 34.7 Å². The summed E-state index contributed by atoms with van der Waals surface area (Å²) in [6.45, 7) is 8.56. The van der Waals surface area contributed by atoms with Crippen LogP contribution < -0.4 is 21.1 Å². The lowest BCUT2D eigenvalue weighted by atomic mass is 9.85. The summed E-state index contributed by atoms with van der Waals surface area (Å²) in [7, 11) is 0. The molecule has 3 aromatic rings. The molecule has 1 aliphatic rings. The monoisotopic (exact) mass is 667 g/mol. The first-order chi connectivity index (χ1) is 22.4. The van der Waals surface area contributed by atoms with Crippen molar-refractivity contribution in [1.82, 2.24) is 20.5 Å². The highest BCUT2D eigenvalue weighted by Gasteiger charge is 2.44. The molecule has 1 saturated heterocycles. The number of carbonyl (C=O) groups excluding carboxylic acids is 3. The molecular formula is C34H45N5O7S. The molecule has 3 atom stereocenters. The normalized spacial score (nSPS) is 16.9. The number of nitrogen functional groups attached to an aromatic ring is 1. The van der Waals surface area contributed by atoms with Gasteiger partial charge >= 0.3 is 0 Å². The van der Waals surface area contributed by atoms with E-state index in [9.17, 15) is 19.5 Å². The fourth-order valence-corrected chi connectivity index (χ4v) is 6.00. The van der Waals surface area contributed by atoms with Crippen molar-refractivity contribution in [2.24, 2.45) is 5.41 Å². The molecule has 13 heteroatoms. The lowest BCUT2D eigenvalue weighted by molar-refractivity contribution is -0.144. The number of nitrogens with two attached hydrogens (primary N) is 1. The van der Waals surface area contributed by atoms with Gasteiger partial charge in [-0.25, -0.2) is 4.98 Å². The molecule has 1 aliphatic heterocycles. The SMILES string of the molecule is Cc1ncsc1-c1ccc(CNC(=O)C2CC(O)CN2C(=O)C(NC(=O)COCCOCCOc2cccc(N)c2)C(C)(C)C)cc1. The van der Waals surface area contributed by atoms with Crippen molar-refractivity contribution in [2.45, 2.75) is 58.8 Å². The smallest absolute Gasteiger partial charge is 0.246 e. The largest absolute Gasteiger partial charge is 0.491 e. The Balaban J connectivity index is 1.23. The number of hydrogen-bond acceptors (Lipinski definition) is 10. The molecule has 0 saturated carbocycles. The number of β-amino-alcohol motifs (C(OH)–C–C–N with tert-alkyl or cyclic N) is 1. The van der Waals surface area contributed by atoms with E-state index in [0.717, 1.165) is 21.7 Å². The Morgan fingerprint density at radius 3 is 2.49 bits per heavy atom. The standard InChI is InChI=1S/C34H45N5O7S/c1-22-30(47-21-37-22)24-10-8-23(9-11-24)18-36-32(42)28-17-26(40)19-39(28)33(43)31(34(2,3)4)38-29(41)20-45-13-12-44-14-15-46-27-7-5-6-25(35)16-27/h5-11,16,21,26,28,31,40H,12-15,17-20,35H2,1-4H3,(H,36,42)(H,38,41). The Hall–Kier alpha value is -4.04. The highest BCUT2D eigenvalue weighted by atomic mass is 32.1. The maximum atomic E-state index is 13.8. The van der Waals surface area contributed by atoms with E-state index in [-0.39, 0.29) is 45.2 Å². The summed E-state index contributed by atoms with van der Waals surface area (Å²) in [4.78, 5) is 46.6. The first kappa shape index (κ1) is 35.8. The minimum Gasteiger partial charge on any atom is -0.491 e. The number of nitrogens with one attached hydrogen (secondary N) is 2. The van der Waals surface area contributed by atoms with Gasteiger partial charge in [0.15, 0.2) is 0 Å². The summed E-state index contributed by atoms with van der Waals surface area (Å²) in [5.41, 5.74) is 10.4. The second-order valence-corrected chi connectivity index (χ2v) is 13.4. The van der Waals surface area contributed by atoms with E-state index in [1.165, 1.54) is 4.90 Å². The number of aromatic nitrogens is 1. The van der Waals surface area contributed by atoms with Crippen LogP contribution >= 0.6 is 11.3 Å². The van der Waals surface area contributed by atoms with E-state index in [1.807, 2.05) is 57.5 Å². The van der Waals surface area contributed by atoms with E-state index >= 15 is 0 Å². The summed E-state index contributed by atoms with van der Waals surface area (Å²) < 4.78 is 16.5. The molecule has 12 nitrogen and oxygen atoms in total. The average Bonchev–Trinajstić information content (AvgIpc) is 3.64. The number of nitrogens with zero attached hydrogens (tertiary/aromatic N) is 2. The van der Waals surface area contributed by atoms with Crippen LogP contribution in [0, 0.1) is 12.3 Å². The summed E-state index contributed by atoms with van der Waals surface area (Å²) in [5.74, 6) is -0.613. The number of aliphatic hydroxyl groups excluding tert-OH is 1. The zero-order chi connectivity index (χ0) is 34.0. The average molecular weight is 668 g/mol. The molecule has 47 heavy (non-hydrogen) atoms. The molecule has 0 aliphatic carbocycles. The van der Waals surface area contributed by atoms with Crippen LogP contribution in [0.25, 0.3) is 10.4 Å². The van der Waals surface area contributed by atoms with Crippen LogP contribution in [0.1, 0.15) is 38.4 Å². The molecule has 0 spiro atoms. The quantitative estimate of drug-likeness (QED) is 0.141. The van der Waals surface area contributed by atoms with Crippen LogP contribution in [0.3, 0.4) is 0 Å². The molecule has 3 amide bonds. The number of thiazole rings is 1. The number of hydrogen-bond donors (Lipinski definition) is 4. The fourth-order valence-electron chi connectivity index (χ4n) is 5.19. The van der Waals surface area contributed by atoms with Gasteiger partial charge in [0, 0.05) is 31.3 Å². The van der Waals surface area contributed by atoms with Crippen molar-refractivity contribution in [1.29, 1.82) is 0 Å². The molecule has 0 bridgehead atoms. The van der Waals surface area contributed by atoms with Gasteiger partial charge in [-0.15, -0.1) is 11.3 Å². The third-order valence-electron chi connectivity index (χ3n) is 7.67. The predicted octanol–water partition coefficient (Wildman–Crippen LogP) is 2.92. The Morgan fingerprint density at radius 2 is 1.81 bits per heavy atom. The molecule has 4 rings (SSSR count). The van der Waals surface area contributed by atoms with Gasteiger partial charge in [0.2, 0.25) is 17.7 Å². The van der Waals surface area contributed by atoms with Crippen LogP contribution in [-0.2, 0) is 30.4 Å². The second-order valence-electron chi connectivity index (χ2n) is 12.5. The number of benzene rings is 2. The first-order valence-corrected chi connectivity index (χ1v) is 16.5. The zero-order valence-corrected chi connectivity index (χ0v) is 28.2. The molecule has 5 N–H and O–H groups in total. The fraction of sp³-hybridized carbons (Fsp3) is 0.471. The minimum absolute atomic E-state index is 0.00250. The third kappa shape index (κ3) is 10.5. The summed E-state index contributed by atoms with van der Waals surface area (Å²) in [6, 6.07) is 13.2. The molecule has 2 heterocycles. The van der Waals surface area contributed by atoms with Gasteiger partial charge in [-0.1, -0.05) is 51.1 Å². The van der Waals surface area contributed by atoms with Gasteiger partial charge in [0.05, 0.1) is 42.0 Å². The number of ether oxygens (including phenoxy) is 3. The number of aryl methyl sites for hydroxylation is 1. The van der Waals surface area contributed by atoms with Crippen LogP contribution in [0.4, 0.5) is 5.69 Å². The number of rotatable bonds is 15. The van der Waals surface area contributed by atoms with Crippen molar-refractivity contribution in [2.75, 3.05) is 45.3 Å². The molecular weight excluding hydrogens is 622 g/mol. The van der Waals surface area contributed by atoms with Gasteiger partial charge in [0.25, 0.3) is 0 Å². The van der Waals surface area contributed by atoms with Crippen molar-refractivity contribution in [3.63, 3.8) is 0 Å². The van der Waals surface area contributed by atoms with E-state index in [2.05, 4.69) is 15.6 Å². The first-order valence-electron chi connectivity index (χ1n) is 15.6. The van der Waals surface area contributed by atoms with Crippen molar-refractivity contribution in [3.8, 4) is 16.2 Å². The highest BCUT2D eigenvalue weighted by molar-refractivity contribution is 7.13. The van der Waals surface area contributed by atoms with E-state index in [4.69, 9.17) is 19.9 Å². The Bertz CT molecular complexity index is 1490. The zero-order valence-electron chi connectivity index (χ0n) is 27.4. The van der Waals surface area contributed by atoms with Gasteiger partial charge in [0.1, 0.15) is 31.0 Å².